The summed E-state index contributed by atoms with van der Waals surface area (Å²) >= 11 is 0. The van der Waals surface area contributed by atoms with Gasteiger partial charge in [0.2, 0.25) is 0 Å². The Hall–Kier alpha value is -0.160. The summed E-state index contributed by atoms with van der Waals surface area (Å²) in [4.78, 5) is 0. The molecule has 1 heterocycles. The maximum Gasteiger partial charge on any atom is 0.0897 e. The van der Waals surface area contributed by atoms with Gasteiger partial charge in [-0.05, 0) is 43.4 Å². The van der Waals surface area contributed by atoms with E-state index in [2.05, 4.69) is 26.1 Å². The Morgan fingerprint density at radius 1 is 1.29 bits per heavy atom. The maximum absolute atomic E-state index is 10.1. The minimum absolute atomic E-state index is 0.266. The first-order valence-corrected chi connectivity index (χ1v) is 8.57. The van der Waals surface area contributed by atoms with Crippen molar-refractivity contribution in [2.45, 2.75) is 71.1 Å². The molecule has 124 valence electrons. The Kier molecular flexibility index (Phi) is 6.48. The minimum Gasteiger partial charge on any atom is -0.389 e. The number of rotatable bonds is 6. The number of aliphatic hydroxyl groups is 1. The van der Waals surface area contributed by atoms with Crippen LogP contribution in [0.25, 0.3) is 0 Å². The Balaban J connectivity index is 1.61. The van der Waals surface area contributed by atoms with Crippen LogP contribution in [0.1, 0.15) is 52.9 Å². The topological polar surface area (TPSA) is 50.7 Å². The van der Waals surface area contributed by atoms with E-state index < -0.39 is 6.10 Å². The van der Waals surface area contributed by atoms with Gasteiger partial charge in [-0.25, -0.2) is 0 Å². The Labute approximate surface area is 129 Å². The maximum atomic E-state index is 10.1. The van der Waals surface area contributed by atoms with E-state index in [0.717, 1.165) is 26.1 Å². The lowest BCUT2D eigenvalue weighted by molar-refractivity contribution is -0.0593. The summed E-state index contributed by atoms with van der Waals surface area (Å²) < 4.78 is 11.1. The van der Waals surface area contributed by atoms with Crippen LogP contribution in [0, 0.1) is 11.3 Å². The van der Waals surface area contributed by atoms with Crippen LogP contribution in [0.2, 0.25) is 0 Å². The lowest BCUT2D eigenvalue weighted by Crippen LogP contribution is -2.45. The van der Waals surface area contributed by atoms with Crippen LogP contribution in [0.15, 0.2) is 0 Å². The fraction of sp³-hybridized carbons (Fsp3) is 1.00. The molecule has 2 fully saturated rings. The summed E-state index contributed by atoms with van der Waals surface area (Å²) in [6, 6.07) is 0.538. The van der Waals surface area contributed by atoms with Crippen LogP contribution in [-0.4, -0.2) is 49.7 Å². The molecular formula is C17H33NO3. The van der Waals surface area contributed by atoms with Crippen LogP contribution in [-0.2, 0) is 9.47 Å². The van der Waals surface area contributed by atoms with Gasteiger partial charge in [0.05, 0.1) is 18.8 Å². The van der Waals surface area contributed by atoms with Crippen molar-refractivity contribution in [3.05, 3.63) is 0 Å². The lowest BCUT2D eigenvalue weighted by Gasteiger charge is -2.40. The van der Waals surface area contributed by atoms with Crippen LogP contribution in [0.4, 0.5) is 0 Å². The van der Waals surface area contributed by atoms with Crippen LogP contribution in [0.5, 0.6) is 0 Å². The average molecular weight is 299 g/mol. The molecule has 2 N–H and O–H groups in total. The molecule has 4 nitrogen and oxygen atoms in total. The van der Waals surface area contributed by atoms with Gasteiger partial charge in [0, 0.05) is 25.8 Å². The van der Waals surface area contributed by atoms with E-state index >= 15 is 0 Å². The van der Waals surface area contributed by atoms with E-state index in [0.29, 0.717) is 30.5 Å². The fourth-order valence-corrected chi connectivity index (χ4v) is 3.69. The zero-order valence-electron chi connectivity index (χ0n) is 13.9. The molecule has 21 heavy (non-hydrogen) atoms. The minimum atomic E-state index is -0.407. The van der Waals surface area contributed by atoms with Crippen LogP contribution < -0.4 is 5.32 Å². The molecule has 0 aromatic carbocycles. The lowest BCUT2D eigenvalue weighted by atomic mass is 9.70. The predicted octanol–water partition coefficient (Wildman–Crippen LogP) is 2.35. The summed E-state index contributed by atoms with van der Waals surface area (Å²) in [5.74, 6) is 0.678. The molecule has 0 unspecified atom stereocenters. The molecule has 4 heteroatoms. The van der Waals surface area contributed by atoms with E-state index in [1.807, 2.05) is 0 Å². The Morgan fingerprint density at radius 3 is 2.67 bits per heavy atom. The van der Waals surface area contributed by atoms with E-state index in [9.17, 15) is 5.11 Å². The second-order valence-corrected chi connectivity index (χ2v) is 7.70. The first kappa shape index (κ1) is 17.2. The third kappa shape index (κ3) is 5.85. The zero-order chi connectivity index (χ0) is 15.3. The van der Waals surface area contributed by atoms with Crippen molar-refractivity contribution in [1.82, 2.24) is 5.32 Å². The average Bonchev–Trinajstić information content (AvgIpc) is 2.44. The predicted molar refractivity (Wildman–Crippen MR) is 84.4 cm³/mol. The van der Waals surface area contributed by atoms with E-state index in [1.165, 1.54) is 19.3 Å². The molecule has 2 aliphatic rings. The van der Waals surface area contributed by atoms with Crippen molar-refractivity contribution < 1.29 is 14.6 Å². The van der Waals surface area contributed by atoms with Gasteiger partial charge in [-0.2, -0.15) is 0 Å². The van der Waals surface area contributed by atoms with Gasteiger partial charge in [-0.15, -0.1) is 0 Å². The van der Waals surface area contributed by atoms with Gasteiger partial charge in [-0.3, -0.25) is 0 Å². The molecule has 1 aliphatic heterocycles. The number of ether oxygens (including phenoxy) is 2. The molecule has 0 spiro atoms. The first-order chi connectivity index (χ1) is 9.96. The van der Waals surface area contributed by atoms with Crippen LogP contribution in [0.3, 0.4) is 0 Å². The molecule has 2 rings (SSSR count). The first-order valence-electron chi connectivity index (χ1n) is 8.57. The van der Waals surface area contributed by atoms with Gasteiger partial charge < -0.3 is 19.9 Å². The summed E-state index contributed by atoms with van der Waals surface area (Å²) in [6.07, 6.45) is 5.51. The number of nitrogens with one attached hydrogen (secondary N) is 1. The molecule has 0 aromatic heterocycles. The summed E-state index contributed by atoms with van der Waals surface area (Å²) in [7, 11) is 0. The second kappa shape index (κ2) is 7.91. The van der Waals surface area contributed by atoms with Crippen molar-refractivity contribution in [3.8, 4) is 0 Å². The van der Waals surface area contributed by atoms with E-state index in [1.54, 1.807) is 0 Å². The highest BCUT2D eigenvalue weighted by Crippen LogP contribution is 2.38. The Bertz CT molecular complexity index is 302. The van der Waals surface area contributed by atoms with Crippen LogP contribution >= 0.6 is 0 Å². The fourth-order valence-electron chi connectivity index (χ4n) is 3.69. The molecule has 0 aromatic rings. The zero-order valence-corrected chi connectivity index (χ0v) is 13.9. The molecule has 1 saturated carbocycles. The summed E-state index contributed by atoms with van der Waals surface area (Å²) in [5.41, 5.74) is 0.475. The highest BCUT2D eigenvalue weighted by molar-refractivity contribution is 4.87. The van der Waals surface area contributed by atoms with Gasteiger partial charge in [-0.1, -0.05) is 20.8 Å². The summed E-state index contributed by atoms with van der Waals surface area (Å²) in [5, 5.41) is 13.6. The summed E-state index contributed by atoms with van der Waals surface area (Å²) in [6.45, 7) is 9.68. The van der Waals surface area contributed by atoms with Crippen molar-refractivity contribution in [2.24, 2.45) is 11.3 Å². The number of hydrogen-bond donors (Lipinski definition) is 2. The van der Waals surface area contributed by atoms with Crippen molar-refractivity contribution in [2.75, 3.05) is 26.4 Å². The standard InChI is InChI=1S/C17H33NO3/c1-13-10-17(2,3)7-4-16(13)18-11-14(19)12-21-15-5-8-20-9-6-15/h13-16,18-19H,4-12H2,1-3H3/t13-,14-,16+/m1/s1. The highest BCUT2D eigenvalue weighted by atomic mass is 16.5. The Morgan fingerprint density at radius 2 is 2.00 bits per heavy atom. The molecule has 3 atom stereocenters. The third-order valence-corrected chi connectivity index (χ3v) is 5.00. The van der Waals surface area contributed by atoms with Gasteiger partial charge in [0.1, 0.15) is 0 Å². The number of aliphatic hydroxyl groups excluding tert-OH is 1. The molecule has 0 bridgehead atoms. The van der Waals surface area contributed by atoms with Crippen molar-refractivity contribution >= 4 is 0 Å². The number of hydrogen-bond acceptors (Lipinski definition) is 4. The molecule has 1 saturated heterocycles. The van der Waals surface area contributed by atoms with Gasteiger partial charge in [0.25, 0.3) is 0 Å². The largest absolute Gasteiger partial charge is 0.389 e. The third-order valence-electron chi connectivity index (χ3n) is 5.00. The normalized spacial score (nSPS) is 32.0. The second-order valence-electron chi connectivity index (χ2n) is 7.70. The SMILES string of the molecule is C[C@@H]1CC(C)(C)CC[C@@H]1NC[C@@H](O)COC1CCOCC1. The van der Waals surface area contributed by atoms with Crippen molar-refractivity contribution in [3.63, 3.8) is 0 Å². The van der Waals surface area contributed by atoms with Crippen molar-refractivity contribution in [1.29, 1.82) is 0 Å². The highest BCUT2D eigenvalue weighted by Gasteiger charge is 2.32. The molecule has 0 amide bonds. The van der Waals surface area contributed by atoms with Gasteiger partial charge >= 0.3 is 0 Å². The van der Waals surface area contributed by atoms with E-state index in [4.69, 9.17) is 9.47 Å². The quantitative estimate of drug-likeness (QED) is 0.790. The smallest absolute Gasteiger partial charge is 0.0897 e. The monoisotopic (exact) mass is 299 g/mol. The molecule has 1 aliphatic carbocycles. The van der Waals surface area contributed by atoms with Gasteiger partial charge in [0.15, 0.2) is 0 Å². The molecule has 0 radical (unpaired) electrons. The van der Waals surface area contributed by atoms with E-state index in [-0.39, 0.29) is 6.10 Å². The molecular weight excluding hydrogens is 266 g/mol.